The van der Waals surface area contributed by atoms with Crippen molar-refractivity contribution < 1.29 is 9.53 Å². The van der Waals surface area contributed by atoms with Crippen molar-refractivity contribution in [2.75, 3.05) is 17.3 Å². The highest BCUT2D eigenvalue weighted by molar-refractivity contribution is 6.04. The number of hydrogen-bond acceptors (Lipinski definition) is 5. The smallest absolute Gasteiger partial charge is 0.258 e. The zero-order valence-electron chi connectivity index (χ0n) is 15.6. The standard InChI is InChI=1S/C21H22N4O2/c1-15(2)27-19-12-8-7-11-18(19)24-20(26)16-13-22-21(23-14-16)25(3)17-9-5-4-6-10-17/h4-15H,1-3H3,(H,24,26). The van der Waals surface area contributed by atoms with Crippen molar-refractivity contribution in [3.8, 4) is 5.75 Å². The van der Waals surface area contributed by atoms with E-state index in [9.17, 15) is 4.79 Å². The summed E-state index contributed by atoms with van der Waals surface area (Å²) in [6, 6.07) is 17.1. The lowest BCUT2D eigenvalue weighted by molar-refractivity contribution is 0.102. The van der Waals surface area contributed by atoms with E-state index in [1.165, 1.54) is 12.4 Å². The minimum absolute atomic E-state index is 0.0131. The topological polar surface area (TPSA) is 67.3 Å². The number of para-hydroxylation sites is 3. The van der Waals surface area contributed by atoms with Crippen LogP contribution >= 0.6 is 0 Å². The molecule has 3 aromatic rings. The van der Waals surface area contributed by atoms with Crippen molar-refractivity contribution in [1.82, 2.24) is 9.97 Å². The first kappa shape index (κ1) is 18.4. The molecule has 0 atom stereocenters. The molecule has 6 nitrogen and oxygen atoms in total. The van der Waals surface area contributed by atoms with Gasteiger partial charge in [-0.25, -0.2) is 9.97 Å². The zero-order chi connectivity index (χ0) is 19.2. The van der Waals surface area contributed by atoms with Gasteiger partial charge >= 0.3 is 0 Å². The molecule has 6 heteroatoms. The number of nitrogens with one attached hydrogen (secondary N) is 1. The summed E-state index contributed by atoms with van der Waals surface area (Å²) < 4.78 is 5.73. The molecule has 0 saturated carbocycles. The van der Waals surface area contributed by atoms with Crippen LogP contribution < -0.4 is 15.0 Å². The Bertz CT molecular complexity index is 896. The molecule has 0 aliphatic carbocycles. The summed E-state index contributed by atoms with van der Waals surface area (Å²) in [5.74, 6) is 0.854. The molecule has 0 radical (unpaired) electrons. The number of ether oxygens (including phenoxy) is 1. The van der Waals surface area contributed by atoms with E-state index in [1.54, 1.807) is 6.07 Å². The third kappa shape index (κ3) is 4.61. The molecule has 1 aromatic heterocycles. The first-order chi connectivity index (χ1) is 13.0. The van der Waals surface area contributed by atoms with Crippen molar-refractivity contribution in [1.29, 1.82) is 0 Å². The number of nitrogens with zero attached hydrogens (tertiary/aromatic N) is 3. The first-order valence-corrected chi connectivity index (χ1v) is 8.72. The van der Waals surface area contributed by atoms with Crippen LogP contribution in [0, 0.1) is 0 Å². The van der Waals surface area contributed by atoms with Crippen LogP contribution in [0.1, 0.15) is 24.2 Å². The van der Waals surface area contributed by atoms with E-state index in [0.29, 0.717) is 22.9 Å². The van der Waals surface area contributed by atoms with Crippen LogP contribution in [-0.2, 0) is 0 Å². The molecular weight excluding hydrogens is 340 g/mol. The Hall–Kier alpha value is -3.41. The minimum Gasteiger partial charge on any atom is -0.489 e. The van der Waals surface area contributed by atoms with Crippen LogP contribution in [0.2, 0.25) is 0 Å². The molecule has 0 saturated heterocycles. The minimum atomic E-state index is -0.288. The first-order valence-electron chi connectivity index (χ1n) is 8.72. The number of carbonyl (C=O) groups excluding carboxylic acids is 1. The van der Waals surface area contributed by atoms with Crippen LogP contribution in [0.5, 0.6) is 5.75 Å². The molecule has 1 heterocycles. The van der Waals surface area contributed by atoms with Gasteiger partial charge in [0.2, 0.25) is 5.95 Å². The van der Waals surface area contributed by atoms with Crippen LogP contribution in [0.4, 0.5) is 17.3 Å². The summed E-state index contributed by atoms with van der Waals surface area (Å²) in [5.41, 5.74) is 1.95. The van der Waals surface area contributed by atoms with Crippen molar-refractivity contribution in [2.24, 2.45) is 0 Å². The normalized spacial score (nSPS) is 10.5. The van der Waals surface area contributed by atoms with Gasteiger partial charge in [0.1, 0.15) is 5.75 Å². The highest BCUT2D eigenvalue weighted by Gasteiger charge is 2.13. The molecule has 0 bridgehead atoms. The highest BCUT2D eigenvalue weighted by Crippen LogP contribution is 2.25. The van der Waals surface area contributed by atoms with E-state index in [-0.39, 0.29) is 12.0 Å². The molecule has 0 aliphatic rings. The Morgan fingerprint density at radius 1 is 1.00 bits per heavy atom. The van der Waals surface area contributed by atoms with Crippen molar-refractivity contribution >= 4 is 23.2 Å². The van der Waals surface area contributed by atoms with E-state index >= 15 is 0 Å². The predicted molar refractivity (Wildman–Crippen MR) is 107 cm³/mol. The summed E-state index contributed by atoms with van der Waals surface area (Å²) >= 11 is 0. The maximum absolute atomic E-state index is 12.5. The fourth-order valence-electron chi connectivity index (χ4n) is 2.50. The largest absolute Gasteiger partial charge is 0.489 e. The van der Waals surface area contributed by atoms with Gasteiger partial charge in [-0.05, 0) is 38.1 Å². The van der Waals surface area contributed by atoms with Gasteiger partial charge in [-0.2, -0.15) is 0 Å². The zero-order valence-corrected chi connectivity index (χ0v) is 15.6. The number of rotatable bonds is 6. The second-order valence-corrected chi connectivity index (χ2v) is 6.28. The van der Waals surface area contributed by atoms with Crippen molar-refractivity contribution in [3.63, 3.8) is 0 Å². The van der Waals surface area contributed by atoms with Gasteiger partial charge in [0.25, 0.3) is 5.91 Å². The van der Waals surface area contributed by atoms with E-state index in [4.69, 9.17) is 4.74 Å². The molecule has 0 fully saturated rings. The molecule has 3 rings (SSSR count). The molecule has 1 N–H and O–H groups in total. The number of amides is 1. The summed E-state index contributed by atoms with van der Waals surface area (Å²) in [5, 5.41) is 2.86. The maximum atomic E-state index is 12.5. The second-order valence-electron chi connectivity index (χ2n) is 6.28. The van der Waals surface area contributed by atoms with Gasteiger partial charge in [0, 0.05) is 25.1 Å². The number of carbonyl (C=O) groups is 1. The highest BCUT2D eigenvalue weighted by atomic mass is 16.5. The lowest BCUT2D eigenvalue weighted by Gasteiger charge is -2.17. The lowest BCUT2D eigenvalue weighted by atomic mass is 10.2. The van der Waals surface area contributed by atoms with Gasteiger partial charge in [-0.1, -0.05) is 30.3 Å². The average molecular weight is 362 g/mol. The van der Waals surface area contributed by atoms with Crippen LogP contribution in [0.15, 0.2) is 67.0 Å². The monoisotopic (exact) mass is 362 g/mol. The van der Waals surface area contributed by atoms with Crippen LogP contribution in [0.3, 0.4) is 0 Å². The molecule has 2 aromatic carbocycles. The van der Waals surface area contributed by atoms with Gasteiger partial charge < -0.3 is 15.0 Å². The lowest BCUT2D eigenvalue weighted by Crippen LogP contribution is -2.17. The third-order valence-electron chi connectivity index (χ3n) is 3.84. The van der Waals surface area contributed by atoms with Gasteiger partial charge in [-0.15, -0.1) is 0 Å². The molecular formula is C21H22N4O2. The molecule has 0 spiro atoms. The number of aromatic nitrogens is 2. The second kappa shape index (κ2) is 8.31. The van der Waals surface area contributed by atoms with Crippen molar-refractivity contribution in [2.45, 2.75) is 20.0 Å². The predicted octanol–water partition coefficient (Wildman–Crippen LogP) is 4.28. The molecule has 27 heavy (non-hydrogen) atoms. The van der Waals surface area contributed by atoms with E-state index in [1.807, 2.05) is 74.3 Å². The van der Waals surface area contributed by atoms with Gasteiger partial charge in [0.05, 0.1) is 17.4 Å². The Morgan fingerprint density at radius 3 is 2.30 bits per heavy atom. The number of anilines is 3. The summed E-state index contributed by atoms with van der Waals surface area (Å²) in [7, 11) is 1.88. The van der Waals surface area contributed by atoms with Crippen LogP contribution in [-0.4, -0.2) is 29.0 Å². The number of benzene rings is 2. The molecule has 0 unspecified atom stereocenters. The fourth-order valence-corrected chi connectivity index (χ4v) is 2.50. The van der Waals surface area contributed by atoms with Crippen molar-refractivity contribution in [3.05, 3.63) is 72.6 Å². The van der Waals surface area contributed by atoms with E-state index in [2.05, 4.69) is 15.3 Å². The maximum Gasteiger partial charge on any atom is 0.258 e. The quantitative estimate of drug-likeness (QED) is 0.709. The van der Waals surface area contributed by atoms with Gasteiger partial charge in [0.15, 0.2) is 0 Å². The Balaban J connectivity index is 1.73. The average Bonchev–Trinajstić information content (AvgIpc) is 2.69. The molecule has 138 valence electrons. The Morgan fingerprint density at radius 2 is 1.63 bits per heavy atom. The Kier molecular flexibility index (Phi) is 5.66. The van der Waals surface area contributed by atoms with Crippen LogP contribution in [0.25, 0.3) is 0 Å². The third-order valence-corrected chi connectivity index (χ3v) is 3.84. The summed E-state index contributed by atoms with van der Waals surface area (Å²) in [6.07, 6.45) is 3.05. The molecule has 1 amide bonds. The Labute approximate surface area is 158 Å². The summed E-state index contributed by atoms with van der Waals surface area (Å²) in [6.45, 7) is 3.88. The number of hydrogen-bond donors (Lipinski definition) is 1. The van der Waals surface area contributed by atoms with E-state index in [0.717, 1.165) is 5.69 Å². The molecule has 0 aliphatic heterocycles. The fraction of sp³-hybridized carbons (Fsp3) is 0.190. The van der Waals surface area contributed by atoms with Gasteiger partial charge in [-0.3, -0.25) is 4.79 Å². The van der Waals surface area contributed by atoms with E-state index < -0.39 is 0 Å². The SMILES string of the molecule is CC(C)Oc1ccccc1NC(=O)c1cnc(N(C)c2ccccc2)nc1. The summed E-state index contributed by atoms with van der Waals surface area (Å²) in [4.78, 5) is 23.0.